The fourth-order valence-electron chi connectivity index (χ4n) is 2.92. The molecule has 6 nitrogen and oxygen atoms in total. The van der Waals surface area contributed by atoms with Gasteiger partial charge in [0.1, 0.15) is 0 Å². The fraction of sp³-hybridized carbons (Fsp3) is 0.200. The van der Waals surface area contributed by atoms with Crippen molar-refractivity contribution in [3.8, 4) is 0 Å². The molecule has 2 amide bonds. The number of sulfone groups is 1. The minimum atomic E-state index is -3.27. The maximum absolute atomic E-state index is 12.4. The predicted molar refractivity (Wildman–Crippen MR) is 104 cm³/mol. The van der Waals surface area contributed by atoms with Crippen LogP contribution in [0.15, 0.2) is 60.0 Å². The predicted octanol–water partition coefficient (Wildman–Crippen LogP) is 2.94. The molecule has 0 aromatic heterocycles. The lowest BCUT2D eigenvalue weighted by Gasteiger charge is -2.17. The maximum Gasteiger partial charge on any atom is 0.258 e. The molecule has 1 heterocycles. The summed E-state index contributed by atoms with van der Waals surface area (Å²) in [5.74, 6) is -0.398. The van der Waals surface area contributed by atoms with Crippen LogP contribution in [-0.2, 0) is 14.6 Å². The van der Waals surface area contributed by atoms with Crippen LogP contribution in [0.2, 0.25) is 0 Å². The topological polar surface area (TPSA) is 83.6 Å². The summed E-state index contributed by atoms with van der Waals surface area (Å²) in [6, 6.07) is 13.3. The number of benzene rings is 2. The van der Waals surface area contributed by atoms with E-state index in [1.165, 1.54) is 17.0 Å². The summed E-state index contributed by atoms with van der Waals surface area (Å²) in [6.45, 7) is 5.75. The summed E-state index contributed by atoms with van der Waals surface area (Å²) in [7, 11) is -3.27. The van der Waals surface area contributed by atoms with Crippen LogP contribution in [0.4, 0.5) is 5.69 Å². The van der Waals surface area contributed by atoms with E-state index in [-0.39, 0.29) is 35.4 Å². The van der Waals surface area contributed by atoms with Gasteiger partial charge >= 0.3 is 0 Å². The van der Waals surface area contributed by atoms with Gasteiger partial charge in [-0.3, -0.25) is 9.59 Å². The van der Waals surface area contributed by atoms with E-state index in [0.29, 0.717) is 16.9 Å². The van der Waals surface area contributed by atoms with Crippen molar-refractivity contribution in [2.45, 2.75) is 18.2 Å². The largest absolute Gasteiger partial charge is 0.326 e. The summed E-state index contributed by atoms with van der Waals surface area (Å²) in [5, 5.41) is 2.71. The number of carbonyl (C=O) groups excluding carboxylic acids is 2. The molecule has 0 bridgehead atoms. The highest BCUT2D eigenvalue weighted by atomic mass is 32.2. The standard InChI is InChI=1S/C20H20N2O4S/c1-3-27(25,26)16-10-8-15(9-11-16)21-19(23)12-13-22-14(2)17-6-4-5-7-18(17)20(22)24/h4-11H,2-3,12-13H2,1H3,(H,21,23). The Bertz CT molecular complexity index is 976. The van der Waals surface area contributed by atoms with E-state index in [1.54, 1.807) is 31.2 Å². The van der Waals surface area contributed by atoms with Crippen LogP contribution in [0.25, 0.3) is 5.70 Å². The number of rotatable bonds is 6. The molecule has 0 saturated carbocycles. The van der Waals surface area contributed by atoms with Crippen molar-refractivity contribution >= 4 is 33.0 Å². The molecular formula is C20H20N2O4S. The zero-order valence-corrected chi connectivity index (χ0v) is 15.8. The van der Waals surface area contributed by atoms with E-state index in [4.69, 9.17) is 0 Å². The van der Waals surface area contributed by atoms with Crippen LogP contribution in [0.1, 0.15) is 29.3 Å². The zero-order valence-electron chi connectivity index (χ0n) is 14.9. The SMILES string of the molecule is C=C1c2ccccc2C(=O)N1CCC(=O)Nc1ccc(S(=O)(=O)CC)cc1. The number of carbonyl (C=O) groups is 2. The van der Waals surface area contributed by atoms with Crippen molar-refractivity contribution in [1.82, 2.24) is 4.90 Å². The van der Waals surface area contributed by atoms with Gasteiger partial charge in [-0.15, -0.1) is 0 Å². The monoisotopic (exact) mass is 384 g/mol. The first-order valence-corrected chi connectivity index (χ1v) is 10.2. The Morgan fingerprint density at radius 3 is 2.30 bits per heavy atom. The lowest BCUT2D eigenvalue weighted by Crippen LogP contribution is -2.27. The second-order valence-electron chi connectivity index (χ2n) is 6.18. The van der Waals surface area contributed by atoms with E-state index in [1.807, 2.05) is 12.1 Å². The van der Waals surface area contributed by atoms with Gasteiger partial charge in [-0.1, -0.05) is 31.7 Å². The number of amides is 2. The molecule has 27 heavy (non-hydrogen) atoms. The number of fused-ring (bicyclic) bond motifs is 1. The van der Waals surface area contributed by atoms with Crippen molar-refractivity contribution in [2.75, 3.05) is 17.6 Å². The third-order valence-electron chi connectivity index (χ3n) is 4.48. The Hall–Kier alpha value is -2.93. The van der Waals surface area contributed by atoms with Crippen molar-refractivity contribution < 1.29 is 18.0 Å². The number of anilines is 1. The van der Waals surface area contributed by atoms with E-state index in [2.05, 4.69) is 11.9 Å². The third kappa shape index (κ3) is 3.78. The van der Waals surface area contributed by atoms with Crippen molar-refractivity contribution in [1.29, 1.82) is 0 Å². The Balaban J connectivity index is 1.59. The first kappa shape index (κ1) is 18.8. The maximum atomic E-state index is 12.4. The molecule has 0 saturated heterocycles. The summed E-state index contributed by atoms with van der Waals surface area (Å²) < 4.78 is 23.6. The Labute approximate surface area is 158 Å². The van der Waals surface area contributed by atoms with Crippen LogP contribution in [-0.4, -0.2) is 37.4 Å². The molecule has 0 aliphatic carbocycles. The number of hydrogen-bond acceptors (Lipinski definition) is 4. The highest BCUT2D eigenvalue weighted by molar-refractivity contribution is 7.91. The highest BCUT2D eigenvalue weighted by Gasteiger charge is 2.30. The summed E-state index contributed by atoms with van der Waals surface area (Å²) in [4.78, 5) is 26.3. The normalized spacial score (nSPS) is 13.6. The summed E-state index contributed by atoms with van der Waals surface area (Å²) in [6.07, 6.45) is 0.105. The van der Waals surface area contributed by atoms with Gasteiger partial charge in [-0.2, -0.15) is 0 Å². The van der Waals surface area contributed by atoms with Gasteiger partial charge in [0.2, 0.25) is 5.91 Å². The molecule has 2 aromatic rings. The number of nitrogens with one attached hydrogen (secondary N) is 1. The van der Waals surface area contributed by atoms with Crippen LogP contribution in [0.5, 0.6) is 0 Å². The third-order valence-corrected chi connectivity index (χ3v) is 6.23. The second-order valence-corrected chi connectivity index (χ2v) is 8.45. The number of nitrogens with zero attached hydrogens (tertiary/aromatic N) is 1. The van der Waals surface area contributed by atoms with E-state index < -0.39 is 9.84 Å². The first-order chi connectivity index (χ1) is 12.8. The van der Waals surface area contributed by atoms with Crippen molar-refractivity contribution in [3.63, 3.8) is 0 Å². The molecule has 0 fully saturated rings. The molecule has 2 aromatic carbocycles. The van der Waals surface area contributed by atoms with E-state index in [9.17, 15) is 18.0 Å². The molecule has 0 radical (unpaired) electrons. The molecule has 1 aliphatic heterocycles. The molecular weight excluding hydrogens is 364 g/mol. The van der Waals surface area contributed by atoms with Gasteiger partial charge in [0, 0.05) is 35.5 Å². The molecule has 140 valence electrons. The van der Waals surface area contributed by atoms with Crippen LogP contribution in [0, 0.1) is 0 Å². The average Bonchev–Trinajstić information content (AvgIpc) is 2.91. The average molecular weight is 384 g/mol. The summed E-state index contributed by atoms with van der Waals surface area (Å²) in [5.41, 5.74) is 2.48. The quantitative estimate of drug-likeness (QED) is 0.830. The highest BCUT2D eigenvalue weighted by Crippen LogP contribution is 2.31. The molecule has 7 heteroatoms. The molecule has 0 atom stereocenters. The van der Waals surface area contributed by atoms with Crippen molar-refractivity contribution in [3.05, 3.63) is 66.2 Å². The van der Waals surface area contributed by atoms with Gasteiger partial charge in [0.15, 0.2) is 9.84 Å². The van der Waals surface area contributed by atoms with Gasteiger partial charge in [-0.05, 0) is 30.3 Å². The number of hydrogen-bond donors (Lipinski definition) is 1. The summed E-state index contributed by atoms with van der Waals surface area (Å²) >= 11 is 0. The first-order valence-electron chi connectivity index (χ1n) is 8.56. The van der Waals surface area contributed by atoms with Gasteiger partial charge in [0.05, 0.1) is 10.6 Å². The van der Waals surface area contributed by atoms with Crippen LogP contribution in [0.3, 0.4) is 0 Å². The Morgan fingerprint density at radius 2 is 1.70 bits per heavy atom. The molecule has 3 rings (SSSR count). The Kier molecular flexibility index (Phi) is 5.14. The Morgan fingerprint density at radius 1 is 1.07 bits per heavy atom. The molecule has 0 spiro atoms. The lowest BCUT2D eigenvalue weighted by molar-refractivity contribution is -0.116. The minimum absolute atomic E-state index is 0.0227. The van der Waals surface area contributed by atoms with Crippen LogP contribution < -0.4 is 5.32 Å². The van der Waals surface area contributed by atoms with Crippen molar-refractivity contribution in [2.24, 2.45) is 0 Å². The molecule has 0 unspecified atom stereocenters. The molecule has 1 aliphatic rings. The second kappa shape index (κ2) is 7.36. The van der Waals surface area contributed by atoms with Gasteiger partial charge < -0.3 is 10.2 Å². The van der Waals surface area contributed by atoms with Gasteiger partial charge in [-0.25, -0.2) is 8.42 Å². The van der Waals surface area contributed by atoms with Crippen LogP contribution >= 0.6 is 0 Å². The lowest BCUT2D eigenvalue weighted by atomic mass is 10.1. The minimum Gasteiger partial charge on any atom is -0.326 e. The van der Waals surface area contributed by atoms with E-state index in [0.717, 1.165) is 5.56 Å². The van der Waals surface area contributed by atoms with Gasteiger partial charge in [0.25, 0.3) is 5.91 Å². The molecule has 1 N–H and O–H groups in total. The van der Waals surface area contributed by atoms with E-state index >= 15 is 0 Å². The smallest absolute Gasteiger partial charge is 0.258 e. The fourth-order valence-corrected chi connectivity index (χ4v) is 3.80. The zero-order chi connectivity index (χ0) is 19.6.